The summed E-state index contributed by atoms with van der Waals surface area (Å²) in [7, 11) is 0. The van der Waals surface area contributed by atoms with E-state index >= 15 is 0 Å². The number of rotatable bonds is 2. The third-order valence-corrected chi connectivity index (χ3v) is 2.41. The van der Waals surface area contributed by atoms with Crippen molar-refractivity contribution >= 4 is 0 Å². The van der Waals surface area contributed by atoms with Crippen molar-refractivity contribution in [1.82, 2.24) is 0 Å². The minimum Gasteiger partial charge on any atom is -0.394 e. The van der Waals surface area contributed by atoms with Crippen LogP contribution in [0.5, 0.6) is 0 Å². The van der Waals surface area contributed by atoms with Crippen LogP contribution in [-0.4, -0.2) is 74.1 Å². The van der Waals surface area contributed by atoms with Gasteiger partial charge < -0.3 is 35.4 Å². The Morgan fingerprint density at radius 3 is 2.14 bits per heavy atom. The molecule has 0 aromatic rings. The van der Waals surface area contributed by atoms with Crippen molar-refractivity contribution < 1.29 is 35.4 Å². The first-order valence-electron chi connectivity index (χ1n) is 4.11. The van der Waals surface area contributed by atoms with Gasteiger partial charge in [-0.15, -0.1) is 0 Å². The molecule has 0 bridgehead atoms. The Hall–Kier alpha value is -0.280. The fourth-order valence-corrected chi connectivity index (χ4v) is 1.41. The molecular weight excluding hydrogens is 196 g/mol. The number of aliphatic hydroxyl groups is 6. The molecule has 6 N–H and O–H groups in total. The number of hydrogen-bond donors (Lipinski definition) is 6. The molecule has 0 unspecified atom stereocenters. The average molecular weight is 210 g/mol. The fourth-order valence-electron chi connectivity index (χ4n) is 1.41. The van der Waals surface area contributed by atoms with Crippen molar-refractivity contribution in [2.24, 2.45) is 0 Å². The first-order valence-corrected chi connectivity index (χ1v) is 4.11. The van der Waals surface area contributed by atoms with Gasteiger partial charge in [-0.1, -0.05) is 0 Å². The maximum atomic E-state index is 9.64. The molecule has 0 aromatic carbocycles. The van der Waals surface area contributed by atoms with Gasteiger partial charge >= 0.3 is 0 Å². The van der Waals surface area contributed by atoms with E-state index in [0.717, 1.165) is 0 Å². The van der Waals surface area contributed by atoms with Crippen LogP contribution in [0.4, 0.5) is 0 Å². The van der Waals surface area contributed by atoms with E-state index in [1.54, 1.807) is 0 Å². The van der Waals surface area contributed by atoms with Crippen LogP contribution in [0, 0.1) is 0 Å². The van der Waals surface area contributed by atoms with Gasteiger partial charge in [0, 0.05) is 0 Å². The maximum Gasteiger partial charge on any atom is 0.184 e. The molecule has 0 spiro atoms. The predicted molar refractivity (Wildman–Crippen MR) is 42.0 cm³/mol. The highest BCUT2D eigenvalue weighted by Crippen LogP contribution is 2.28. The Morgan fingerprint density at radius 2 is 1.71 bits per heavy atom. The average Bonchev–Trinajstić information content (AvgIpc) is 2.20. The standard InChI is InChI=1S/C7H14O7/c8-1-3-7(13,2-9)5(11)4(10)6(12)14-3/h3-6,8-13H,1-2H2/t3-,4-,5+,6-,7-/m1/s1. The van der Waals surface area contributed by atoms with Crippen molar-refractivity contribution in [3.63, 3.8) is 0 Å². The summed E-state index contributed by atoms with van der Waals surface area (Å²) in [5.41, 5.74) is -2.17. The third kappa shape index (κ3) is 1.63. The second-order valence-corrected chi connectivity index (χ2v) is 3.28. The first kappa shape index (κ1) is 11.8. The van der Waals surface area contributed by atoms with Crippen LogP contribution >= 0.6 is 0 Å². The number of ether oxygens (including phenoxy) is 1. The molecule has 1 aliphatic rings. The lowest BCUT2D eigenvalue weighted by molar-refractivity contribution is -0.326. The molecule has 5 atom stereocenters. The van der Waals surface area contributed by atoms with E-state index in [0.29, 0.717) is 0 Å². The zero-order valence-corrected chi connectivity index (χ0v) is 7.32. The Morgan fingerprint density at radius 1 is 1.14 bits per heavy atom. The summed E-state index contributed by atoms with van der Waals surface area (Å²) in [4.78, 5) is 0. The largest absolute Gasteiger partial charge is 0.394 e. The normalized spacial score (nSPS) is 49.3. The molecular formula is C7H14O7. The summed E-state index contributed by atoms with van der Waals surface area (Å²) in [6, 6.07) is 0. The molecule has 0 aromatic heterocycles. The smallest absolute Gasteiger partial charge is 0.184 e. The van der Waals surface area contributed by atoms with Crippen molar-refractivity contribution in [3.8, 4) is 0 Å². The molecule has 0 aliphatic carbocycles. The minimum atomic E-state index is -2.17. The summed E-state index contributed by atoms with van der Waals surface area (Å²) >= 11 is 0. The van der Waals surface area contributed by atoms with Gasteiger partial charge in [-0.05, 0) is 0 Å². The van der Waals surface area contributed by atoms with Crippen LogP contribution in [0.1, 0.15) is 0 Å². The molecule has 1 saturated heterocycles. The van der Waals surface area contributed by atoms with Gasteiger partial charge in [0.2, 0.25) is 0 Å². The lowest BCUT2D eigenvalue weighted by Crippen LogP contribution is -2.68. The topological polar surface area (TPSA) is 131 Å². The van der Waals surface area contributed by atoms with Crippen LogP contribution in [0.25, 0.3) is 0 Å². The van der Waals surface area contributed by atoms with E-state index in [1.165, 1.54) is 0 Å². The highest BCUT2D eigenvalue weighted by Gasteiger charge is 2.53. The molecule has 1 rings (SSSR count). The van der Waals surface area contributed by atoms with E-state index < -0.39 is 43.4 Å². The molecule has 84 valence electrons. The van der Waals surface area contributed by atoms with Crippen LogP contribution in [0.3, 0.4) is 0 Å². The highest BCUT2D eigenvalue weighted by molar-refractivity contribution is 5.01. The molecule has 0 amide bonds. The monoisotopic (exact) mass is 210 g/mol. The van der Waals surface area contributed by atoms with Gasteiger partial charge in [0.05, 0.1) is 13.2 Å². The molecule has 14 heavy (non-hydrogen) atoms. The van der Waals surface area contributed by atoms with Gasteiger partial charge in [-0.25, -0.2) is 0 Å². The summed E-state index contributed by atoms with van der Waals surface area (Å²) in [6.45, 7) is -1.60. The second-order valence-electron chi connectivity index (χ2n) is 3.28. The Bertz CT molecular complexity index is 194. The maximum absolute atomic E-state index is 9.64. The Balaban J connectivity index is 2.89. The number of hydrogen-bond acceptors (Lipinski definition) is 7. The van der Waals surface area contributed by atoms with E-state index in [-0.39, 0.29) is 0 Å². The zero-order valence-electron chi connectivity index (χ0n) is 7.32. The predicted octanol–water partition coefficient (Wildman–Crippen LogP) is -3.86. The summed E-state index contributed by atoms with van der Waals surface area (Å²) < 4.78 is 4.61. The van der Waals surface area contributed by atoms with Crippen molar-refractivity contribution in [2.75, 3.05) is 13.2 Å². The Labute approximate surface area is 79.8 Å². The van der Waals surface area contributed by atoms with Gasteiger partial charge in [-0.2, -0.15) is 0 Å². The fraction of sp³-hybridized carbons (Fsp3) is 1.00. The van der Waals surface area contributed by atoms with E-state index in [4.69, 9.17) is 20.4 Å². The summed E-state index contributed by atoms with van der Waals surface area (Å²) in [5.74, 6) is 0. The molecule has 1 heterocycles. The van der Waals surface area contributed by atoms with Crippen LogP contribution in [-0.2, 0) is 4.74 Å². The highest BCUT2D eigenvalue weighted by atomic mass is 16.6. The molecule has 0 saturated carbocycles. The van der Waals surface area contributed by atoms with Gasteiger partial charge in [0.1, 0.15) is 23.9 Å². The quantitative estimate of drug-likeness (QED) is 0.275. The molecule has 7 heteroatoms. The van der Waals surface area contributed by atoms with Crippen molar-refractivity contribution in [2.45, 2.75) is 30.2 Å². The van der Waals surface area contributed by atoms with E-state index in [9.17, 15) is 10.2 Å². The zero-order chi connectivity index (χ0) is 10.9. The summed E-state index contributed by atoms with van der Waals surface area (Å²) in [5, 5.41) is 54.8. The van der Waals surface area contributed by atoms with Crippen LogP contribution < -0.4 is 0 Å². The lowest BCUT2D eigenvalue weighted by Gasteiger charge is -2.45. The van der Waals surface area contributed by atoms with Gasteiger partial charge in [0.15, 0.2) is 6.29 Å². The Kier molecular flexibility index (Phi) is 3.43. The molecule has 7 nitrogen and oxygen atoms in total. The molecule has 0 radical (unpaired) electrons. The molecule has 1 fully saturated rings. The second kappa shape index (κ2) is 4.07. The summed E-state index contributed by atoms with van der Waals surface area (Å²) in [6.07, 6.45) is -6.56. The van der Waals surface area contributed by atoms with Crippen LogP contribution in [0.2, 0.25) is 0 Å². The van der Waals surface area contributed by atoms with E-state index in [1.807, 2.05) is 0 Å². The van der Waals surface area contributed by atoms with Crippen molar-refractivity contribution in [1.29, 1.82) is 0 Å². The third-order valence-electron chi connectivity index (χ3n) is 2.41. The van der Waals surface area contributed by atoms with Gasteiger partial charge in [0.25, 0.3) is 0 Å². The first-order chi connectivity index (χ1) is 6.47. The SMILES string of the molecule is OC[C@H]1O[C@@H](O)[C@H](O)[C@H](O)[C@@]1(O)CO. The lowest BCUT2D eigenvalue weighted by atomic mass is 9.85. The molecule has 1 aliphatic heterocycles. The van der Waals surface area contributed by atoms with Crippen LogP contribution in [0.15, 0.2) is 0 Å². The van der Waals surface area contributed by atoms with Gasteiger partial charge in [-0.3, -0.25) is 0 Å². The number of aliphatic hydroxyl groups excluding tert-OH is 5. The van der Waals surface area contributed by atoms with E-state index in [2.05, 4.69) is 4.74 Å². The van der Waals surface area contributed by atoms with Crippen molar-refractivity contribution in [3.05, 3.63) is 0 Å². The minimum absolute atomic E-state index is 0.697.